The van der Waals surface area contributed by atoms with Crippen molar-refractivity contribution in [3.05, 3.63) is 44.5 Å². The monoisotopic (exact) mass is 305 g/mol. The summed E-state index contributed by atoms with van der Waals surface area (Å²) in [4.78, 5) is 51.7. The molecule has 2 rings (SSSR count). The van der Waals surface area contributed by atoms with Crippen LogP contribution in [0.5, 0.6) is 0 Å². The van der Waals surface area contributed by atoms with Crippen molar-refractivity contribution >= 4 is 22.9 Å². The van der Waals surface area contributed by atoms with Crippen LogP contribution in [0.2, 0.25) is 0 Å². The second kappa shape index (κ2) is 6.25. The summed E-state index contributed by atoms with van der Waals surface area (Å²) in [7, 11) is 0. The van der Waals surface area contributed by atoms with Gasteiger partial charge in [-0.3, -0.25) is 19.2 Å². The molecule has 0 bridgehead atoms. The van der Waals surface area contributed by atoms with Gasteiger partial charge in [0.1, 0.15) is 6.54 Å². The molecule has 0 fully saturated rings. The molecule has 1 heterocycles. The average molecular weight is 305 g/mol. The van der Waals surface area contributed by atoms with Gasteiger partial charge < -0.3 is 20.0 Å². The van der Waals surface area contributed by atoms with Gasteiger partial charge in [0, 0.05) is 12.1 Å². The molecule has 8 nitrogen and oxygen atoms in total. The summed E-state index contributed by atoms with van der Waals surface area (Å²) in [5.41, 5.74) is -0.647. The Morgan fingerprint density at radius 1 is 1.14 bits per heavy atom. The van der Waals surface area contributed by atoms with E-state index in [1.165, 1.54) is 23.1 Å². The maximum atomic E-state index is 12.4. The van der Waals surface area contributed by atoms with E-state index in [-0.39, 0.29) is 5.56 Å². The first-order valence-corrected chi connectivity index (χ1v) is 6.69. The van der Waals surface area contributed by atoms with Crippen LogP contribution < -0.4 is 11.1 Å². The van der Waals surface area contributed by atoms with Gasteiger partial charge in [0.25, 0.3) is 5.91 Å². The molecule has 1 amide bonds. The van der Waals surface area contributed by atoms with Crippen molar-refractivity contribution in [2.24, 2.45) is 0 Å². The number of carbonyl (C=O) groups is 2. The molecule has 0 unspecified atom stereocenters. The van der Waals surface area contributed by atoms with Crippen molar-refractivity contribution in [3.63, 3.8) is 0 Å². The number of carbonyl (C=O) groups excluding carboxylic acids is 1. The number of aliphatic carboxylic acids is 1. The smallest absolute Gasteiger partial charge is 0.323 e. The van der Waals surface area contributed by atoms with E-state index in [4.69, 9.17) is 5.11 Å². The average Bonchev–Trinajstić information content (AvgIpc) is 2.46. The zero-order valence-electron chi connectivity index (χ0n) is 11.9. The summed E-state index contributed by atoms with van der Waals surface area (Å²) in [6, 6.07) is 4.38. The van der Waals surface area contributed by atoms with Crippen LogP contribution in [-0.2, 0) is 4.79 Å². The summed E-state index contributed by atoms with van der Waals surface area (Å²) >= 11 is 0. The van der Waals surface area contributed by atoms with Gasteiger partial charge in [0.15, 0.2) is 0 Å². The third-order valence-electron chi connectivity index (χ3n) is 3.08. The molecule has 0 saturated carbocycles. The lowest BCUT2D eigenvalue weighted by Crippen LogP contribution is -2.36. The summed E-state index contributed by atoms with van der Waals surface area (Å²) in [5.74, 6) is -1.54. The van der Waals surface area contributed by atoms with Crippen LogP contribution in [0.1, 0.15) is 23.7 Å². The number of nitrogens with one attached hydrogen (secondary N) is 2. The number of hydrogen-bond acceptors (Lipinski definition) is 4. The minimum atomic E-state index is -1.10. The third kappa shape index (κ3) is 3.22. The van der Waals surface area contributed by atoms with Crippen LogP contribution in [0.25, 0.3) is 11.0 Å². The van der Waals surface area contributed by atoms with E-state index in [0.717, 1.165) is 0 Å². The Balaban J connectivity index is 2.42. The fourth-order valence-electron chi connectivity index (χ4n) is 2.12. The van der Waals surface area contributed by atoms with Gasteiger partial charge >= 0.3 is 17.1 Å². The Bertz CT molecular complexity index is 836. The van der Waals surface area contributed by atoms with E-state index >= 15 is 0 Å². The second-order valence-electron chi connectivity index (χ2n) is 4.79. The Kier molecular flexibility index (Phi) is 4.40. The molecule has 0 aliphatic heterocycles. The summed E-state index contributed by atoms with van der Waals surface area (Å²) in [6.07, 6.45) is 0.622. The molecule has 0 atom stereocenters. The van der Waals surface area contributed by atoms with Gasteiger partial charge in [-0.15, -0.1) is 0 Å². The molecule has 0 aliphatic carbocycles. The van der Waals surface area contributed by atoms with Crippen molar-refractivity contribution < 1.29 is 14.7 Å². The highest BCUT2D eigenvalue weighted by Gasteiger charge is 2.18. The lowest BCUT2D eigenvalue weighted by Gasteiger charge is -2.20. The molecule has 22 heavy (non-hydrogen) atoms. The zero-order chi connectivity index (χ0) is 16.3. The predicted octanol–water partition coefficient (Wildman–Crippen LogP) is 0.153. The van der Waals surface area contributed by atoms with Crippen molar-refractivity contribution in [1.82, 2.24) is 14.9 Å². The van der Waals surface area contributed by atoms with Crippen LogP contribution in [0.4, 0.5) is 0 Å². The largest absolute Gasteiger partial charge is 0.480 e. The number of H-pyrrole nitrogens is 2. The summed E-state index contributed by atoms with van der Waals surface area (Å²) in [5, 5.41) is 8.86. The maximum Gasteiger partial charge on any atom is 0.323 e. The van der Waals surface area contributed by atoms with Crippen molar-refractivity contribution in [1.29, 1.82) is 0 Å². The second-order valence-corrected chi connectivity index (χ2v) is 4.79. The first-order chi connectivity index (χ1) is 10.4. The number of benzene rings is 1. The molecule has 1 aromatic carbocycles. The van der Waals surface area contributed by atoms with E-state index in [1.807, 2.05) is 6.92 Å². The number of aromatic amines is 2. The first kappa shape index (κ1) is 15.5. The minimum Gasteiger partial charge on any atom is -0.480 e. The van der Waals surface area contributed by atoms with Gasteiger partial charge in [-0.25, -0.2) is 0 Å². The first-order valence-electron chi connectivity index (χ1n) is 6.69. The lowest BCUT2D eigenvalue weighted by atomic mass is 10.1. The van der Waals surface area contributed by atoms with Crippen LogP contribution in [0, 0.1) is 0 Å². The van der Waals surface area contributed by atoms with E-state index in [0.29, 0.717) is 24.0 Å². The van der Waals surface area contributed by atoms with E-state index in [1.54, 1.807) is 0 Å². The summed E-state index contributed by atoms with van der Waals surface area (Å²) < 4.78 is 0. The van der Waals surface area contributed by atoms with E-state index in [2.05, 4.69) is 9.97 Å². The molecule has 8 heteroatoms. The Morgan fingerprint density at radius 3 is 2.36 bits per heavy atom. The Labute approximate surface area is 124 Å². The number of fused-ring (bicyclic) bond motifs is 1. The molecule has 0 saturated heterocycles. The topological polar surface area (TPSA) is 123 Å². The third-order valence-corrected chi connectivity index (χ3v) is 3.08. The number of rotatable bonds is 5. The van der Waals surface area contributed by atoms with Crippen molar-refractivity contribution in [3.8, 4) is 0 Å². The molecule has 2 aromatic rings. The van der Waals surface area contributed by atoms with E-state index in [9.17, 15) is 19.2 Å². The number of aromatic nitrogens is 2. The fourth-order valence-corrected chi connectivity index (χ4v) is 2.12. The number of amides is 1. The van der Waals surface area contributed by atoms with Crippen LogP contribution >= 0.6 is 0 Å². The quantitative estimate of drug-likeness (QED) is 0.679. The number of hydrogen-bond donors (Lipinski definition) is 3. The SMILES string of the molecule is CCCN(CC(=O)O)C(=O)c1ccc2[nH]c(=O)c(=O)[nH]c2c1. The van der Waals surface area contributed by atoms with Gasteiger partial charge in [0.2, 0.25) is 0 Å². The number of nitrogens with zero attached hydrogens (tertiary/aromatic N) is 1. The fraction of sp³-hybridized carbons (Fsp3) is 0.286. The number of carboxylic acid groups (broad SMARTS) is 1. The molecule has 0 radical (unpaired) electrons. The highest BCUT2D eigenvalue weighted by Crippen LogP contribution is 2.12. The van der Waals surface area contributed by atoms with Crippen LogP contribution in [0.15, 0.2) is 27.8 Å². The molecule has 0 aliphatic rings. The molecule has 0 spiro atoms. The normalized spacial score (nSPS) is 10.6. The van der Waals surface area contributed by atoms with Gasteiger partial charge in [-0.05, 0) is 24.6 Å². The minimum absolute atomic E-state index is 0.241. The predicted molar refractivity (Wildman–Crippen MR) is 79.0 cm³/mol. The Hall–Kier alpha value is -2.90. The van der Waals surface area contributed by atoms with Crippen LogP contribution in [-0.4, -0.2) is 44.9 Å². The standard InChI is InChI=1S/C14H15N3O5/c1-2-5-17(7-11(18)19)14(22)8-3-4-9-10(6-8)16-13(21)12(20)15-9/h3-4,6H,2,5,7H2,1H3,(H,15,20)(H,16,21)(H,18,19). The maximum absolute atomic E-state index is 12.4. The molecular formula is C14H15N3O5. The number of carboxylic acids is 1. The van der Waals surface area contributed by atoms with Gasteiger partial charge in [0.05, 0.1) is 11.0 Å². The van der Waals surface area contributed by atoms with E-state index < -0.39 is 29.5 Å². The molecule has 116 valence electrons. The molecule has 1 aromatic heterocycles. The van der Waals surface area contributed by atoms with Crippen LogP contribution in [0.3, 0.4) is 0 Å². The Morgan fingerprint density at radius 2 is 1.77 bits per heavy atom. The van der Waals surface area contributed by atoms with Gasteiger partial charge in [-0.2, -0.15) is 0 Å². The van der Waals surface area contributed by atoms with Crippen molar-refractivity contribution in [2.45, 2.75) is 13.3 Å². The highest BCUT2D eigenvalue weighted by molar-refractivity contribution is 5.98. The summed E-state index contributed by atoms with van der Waals surface area (Å²) in [6.45, 7) is 1.75. The molecule has 3 N–H and O–H groups in total. The van der Waals surface area contributed by atoms with Gasteiger partial charge in [-0.1, -0.05) is 6.92 Å². The van der Waals surface area contributed by atoms with Crippen molar-refractivity contribution in [2.75, 3.05) is 13.1 Å². The molecular weight excluding hydrogens is 290 g/mol. The lowest BCUT2D eigenvalue weighted by molar-refractivity contribution is -0.137. The highest BCUT2D eigenvalue weighted by atomic mass is 16.4. The zero-order valence-corrected chi connectivity index (χ0v) is 11.9.